The Kier molecular flexibility index (Phi) is 7.01. The monoisotopic (exact) mass is 403 g/mol. The number of carbonyl (C=O) groups excluding carboxylic acids is 1. The molecule has 7 heteroatoms. The molecule has 2 aromatic rings. The van der Waals surface area contributed by atoms with E-state index in [1.807, 2.05) is 42.5 Å². The standard InChI is InChI=1S/C21H26ClN3O3/c1-27-20-5-3-2-4-19(20)25-13-11-24(12-14-25)18(10-15-28-21(23)26)16-6-8-17(22)9-7-16/h2-9,18H,10-15H2,1H3,(H2,23,26). The highest BCUT2D eigenvalue weighted by Gasteiger charge is 2.26. The van der Waals surface area contributed by atoms with E-state index in [0.29, 0.717) is 11.4 Å². The average molecular weight is 404 g/mol. The van der Waals surface area contributed by atoms with Gasteiger partial charge in [-0.3, -0.25) is 4.90 Å². The van der Waals surface area contributed by atoms with Crippen LogP contribution in [0, 0.1) is 0 Å². The maximum atomic E-state index is 10.9. The highest BCUT2D eigenvalue weighted by Crippen LogP contribution is 2.31. The van der Waals surface area contributed by atoms with E-state index in [-0.39, 0.29) is 12.6 Å². The van der Waals surface area contributed by atoms with Crippen LogP contribution < -0.4 is 15.4 Å². The fourth-order valence-electron chi connectivity index (χ4n) is 3.68. The number of para-hydroxylation sites is 2. The Balaban J connectivity index is 1.69. The molecular weight excluding hydrogens is 378 g/mol. The van der Waals surface area contributed by atoms with Crippen LogP contribution in [0.15, 0.2) is 48.5 Å². The Hall–Kier alpha value is -2.44. The summed E-state index contributed by atoms with van der Waals surface area (Å²) in [4.78, 5) is 15.7. The summed E-state index contributed by atoms with van der Waals surface area (Å²) >= 11 is 6.05. The first-order chi connectivity index (χ1) is 13.6. The number of primary amides is 1. The van der Waals surface area contributed by atoms with E-state index in [1.54, 1.807) is 7.11 Å². The van der Waals surface area contributed by atoms with Crippen LogP contribution in [0.25, 0.3) is 0 Å². The zero-order valence-electron chi connectivity index (χ0n) is 16.0. The van der Waals surface area contributed by atoms with Crippen LogP contribution in [0.4, 0.5) is 10.5 Å². The van der Waals surface area contributed by atoms with E-state index in [1.165, 1.54) is 0 Å². The van der Waals surface area contributed by atoms with Crippen LogP contribution in [0.3, 0.4) is 0 Å². The second-order valence-corrected chi connectivity index (χ2v) is 7.15. The van der Waals surface area contributed by atoms with Gasteiger partial charge in [0.2, 0.25) is 0 Å². The van der Waals surface area contributed by atoms with Crippen LogP contribution in [0.2, 0.25) is 5.02 Å². The zero-order valence-corrected chi connectivity index (χ0v) is 16.8. The van der Waals surface area contributed by atoms with Crippen molar-refractivity contribution in [1.82, 2.24) is 4.90 Å². The quantitative estimate of drug-likeness (QED) is 0.763. The lowest BCUT2D eigenvalue weighted by Crippen LogP contribution is -2.48. The topological polar surface area (TPSA) is 68.0 Å². The molecule has 1 atom stereocenters. The number of benzene rings is 2. The average Bonchev–Trinajstić information content (AvgIpc) is 2.72. The number of piperazine rings is 1. The zero-order chi connectivity index (χ0) is 19.9. The minimum atomic E-state index is -0.740. The molecule has 1 aliphatic rings. The van der Waals surface area contributed by atoms with Crippen molar-refractivity contribution in [3.8, 4) is 5.75 Å². The summed E-state index contributed by atoms with van der Waals surface area (Å²) < 4.78 is 10.5. The number of nitrogens with two attached hydrogens (primary N) is 1. The number of carbonyl (C=O) groups is 1. The molecule has 0 spiro atoms. The van der Waals surface area contributed by atoms with E-state index in [2.05, 4.69) is 15.9 Å². The second kappa shape index (κ2) is 9.66. The molecule has 3 rings (SSSR count). The lowest BCUT2D eigenvalue weighted by atomic mass is 10.0. The number of hydrogen-bond acceptors (Lipinski definition) is 5. The molecule has 1 saturated heterocycles. The lowest BCUT2D eigenvalue weighted by Gasteiger charge is -2.40. The molecule has 0 saturated carbocycles. The molecule has 0 radical (unpaired) electrons. The van der Waals surface area contributed by atoms with Gasteiger partial charge in [-0.15, -0.1) is 0 Å². The van der Waals surface area contributed by atoms with Gasteiger partial charge in [0, 0.05) is 43.7 Å². The van der Waals surface area contributed by atoms with Gasteiger partial charge in [0.1, 0.15) is 5.75 Å². The minimum Gasteiger partial charge on any atom is -0.495 e. The third-order valence-corrected chi connectivity index (χ3v) is 5.32. The van der Waals surface area contributed by atoms with Crippen molar-refractivity contribution >= 4 is 23.4 Å². The van der Waals surface area contributed by atoms with E-state index >= 15 is 0 Å². The highest BCUT2D eigenvalue weighted by molar-refractivity contribution is 6.30. The Labute approximate surface area is 170 Å². The smallest absolute Gasteiger partial charge is 0.404 e. The van der Waals surface area contributed by atoms with Gasteiger partial charge in [0.25, 0.3) is 0 Å². The predicted octanol–water partition coefficient (Wildman–Crippen LogP) is 3.70. The van der Waals surface area contributed by atoms with Crippen molar-refractivity contribution in [2.24, 2.45) is 5.73 Å². The van der Waals surface area contributed by atoms with Gasteiger partial charge in [-0.1, -0.05) is 35.9 Å². The van der Waals surface area contributed by atoms with Crippen molar-refractivity contribution in [3.05, 3.63) is 59.1 Å². The molecule has 28 heavy (non-hydrogen) atoms. The molecule has 1 heterocycles. The van der Waals surface area contributed by atoms with Gasteiger partial charge in [0.05, 0.1) is 19.4 Å². The molecule has 6 nitrogen and oxygen atoms in total. The first-order valence-electron chi connectivity index (χ1n) is 9.38. The van der Waals surface area contributed by atoms with Crippen molar-refractivity contribution in [1.29, 1.82) is 0 Å². The van der Waals surface area contributed by atoms with Crippen LogP contribution in [0.5, 0.6) is 5.75 Å². The Morgan fingerprint density at radius 2 is 1.79 bits per heavy atom. The summed E-state index contributed by atoms with van der Waals surface area (Å²) in [6.45, 7) is 3.85. The first kappa shape index (κ1) is 20.3. The van der Waals surface area contributed by atoms with Crippen molar-refractivity contribution in [3.63, 3.8) is 0 Å². The number of halogens is 1. The van der Waals surface area contributed by atoms with Gasteiger partial charge in [-0.05, 0) is 29.8 Å². The van der Waals surface area contributed by atoms with Crippen LogP contribution in [-0.4, -0.2) is 50.9 Å². The van der Waals surface area contributed by atoms with Crippen molar-refractivity contribution < 1.29 is 14.3 Å². The summed E-state index contributed by atoms with van der Waals surface area (Å²) in [5.41, 5.74) is 7.39. The Morgan fingerprint density at radius 3 is 2.43 bits per heavy atom. The van der Waals surface area contributed by atoms with E-state index in [9.17, 15) is 4.79 Å². The minimum absolute atomic E-state index is 0.136. The molecule has 0 aliphatic carbocycles. The van der Waals surface area contributed by atoms with E-state index in [0.717, 1.165) is 43.2 Å². The molecule has 1 amide bonds. The normalized spacial score (nSPS) is 15.9. The number of rotatable bonds is 7. The van der Waals surface area contributed by atoms with Crippen LogP contribution in [-0.2, 0) is 4.74 Å². The summed E-state index contributed by atoms with van der Waals surface area (Å²) in [6, 6.07) is 16.1. The summed E-state index contributed by atoms with van der Waals surface area (Å²) in [5.74, 6) is 0.889. The Bertz CT molecular complexity index is 777. The number of hydrogen-bond donors (Lipinski definition) is 1. The molecule has 2 N–H and O–H groups in total. The molecule has 1 fully saturated rings. The first-order valence-corrected chi connectivity index (χ1v) is 9.76. The van der Waals surface area contributed by atoms with E-state index < -0.39 is 6.09 Å². The van der Waals surface area contributed by atoms with Crippen LogP contribution in [0.1, 0.15) is 18.0 Å². The van der Waals surface area contributed by atoms with Gasteiger partial charge >= 0.3 is 6.09 Å². The van der Waals surface area contributed by atoms with Gasteiger partial charge in [-0.2, -0.15) is 0 Å². The number of anilines is 1. The third kappa shape index (κ3) is 5.09. The molecular formula is C21H26ClN3O3. The van der Waals surface area contributed by atoms with Gasteiger partial charge in [-0.25, -0.2) is 4.79 Å². The summed E-state index contributed by atoms with van der Waals surface area (Å²) in [5, 5.41) is 0.705. The molecule has 1 unspecified atom stereocenters. The summed E-state index contributed by atoms with van der Waals surface area (Å²) in [7, 11) is 1.70. The maximum absolute atomic E-state index is 10.9. The molecule has 2 aromatic carbocycles. The molecule has 150 valence electrons. The Morgan fingerprint density at radius 1 is 1.11 bits per heavy atom. The SMILES string of the molecule is COc1ccccc1N1CCN(C(CCOC(N)=O)c2ccc(Cl)cc2)CC1. The lowest BCUT2D eigenvalue weighted by molar-refractivity contribution is 0.122. The maximum Gasteiger partial charge on any atom is 0.404 e. The number of nitrogens with zero attached hydrogens (tertiary/aromatic N) is 2. The number of methoxy groups -OCH3 is 1. The fraction of sp³-hybridized carbons (Fsp3) is 0.381. The van der Waals surface area contributed by atoms with Crippen LogP contribution >= 0.6 is 11.6 Å². The van der Waals surface area contributed by atoms with E-state index in [4.69, 9.17) is 26.8 Å². The van der Waals surface area contributed by atoms with Crippen molar-refractivity contribution in [2.45, 2.75) is 12.5 Å². The third-order valence-electron chi connectivity index (χ3n) is 5.07. The highest BCUT2D eigenvalue weighted by atomic mass is 35.5. The molecule has 0 aromatic heterocycles. The summed E-state index contributed by atoms with van der Waals surface area (Å²) in [6.07, 6.45) is -0.0602. The predicted molar refractivity (Wildman–Crippen MR) is 111 cm³/mol. The fourth-order valence-corrected chi connectivity index (χ4v) is 3.81. The number of amides is 1. The second-order valence-electron chi connectivity index (χ2n) is 6.72. The largest absolute Gasteiger partial charge is 0.495 e. The number of ether oxygens (including phenoxy) is 2. The molecule has 0 bridgehead atoms. The van der Waals surface area contributed by atoms with Gasteiger partial charge < -0.3 is 20.1 Å². The molecule has 1 aliphatic heterocycles. The van der Waals surface area contributed by atoms with Gasteiger partial charge in [0.15, 0.2) is 0 Å². The van der Waals surface area contributed by atoms with Crippen molar-refractivity contribution in [2.75, 3.05) is 44.8 Å².